The second-order valence-corrected chi connectivity index (χ2v) is 5.66. The summed E-state index contributed by atoms with van der Waals surface area (Å²) in [5.74, 6) is -0.0181. The van der Waals surface area contributed by atoms with Gasteiger partial charge in [0.15, 0.2) is 0 Å². The Bertz CT molecular complexity index is 712. The highest BCUT2D eigenvalue weighted by Crippen LogP contribution is 2.37. The summed E-state index contributed by atoms with van der Waals surface area (Å²) < 4.78 is 0. The lowest BCUT2D eigenvalue weighted by Gasteiger charge is -2.30. The van der Waals surface area contributed by atoms with Gasteiger partial charge in [-0.25, -0.2) is 0 Å². The van der Waals surface area contributed by atoms with Crippen LogP contribution in [-0.2, 0) is 6.42 Å². The van der Waals surface area contributed by atoms with Crippen molar-refractivity contribution >= 4 is 23.2 Å². The number of hydrogen-bond acceptors (Lipinski definition) is 2. The first-order chi connectivity index (χ1) is 10.1. The van der Waals surface area contributed by atoms with Crippen molar-refractivity contribution in [3.8, 4) is 5.75 Å². The Balaban J connectivity index is 2.07. The topological polar surface area (TPSA) is 40.5 Å². The molecule has 0 saturated heterocycles. The van der Waals surface area contributed by atoms with Crippen LogP contribution in [0.25, 0.3) is 0 Å². The van der Waals surface area contributed by atoms with Crippen molar-refractivity contribution in [3.05, 3.63) is 58.1 Å². The van der Waals surface area contributed by atoms with Gasteiger partial charge in [-0.1, -0.05) is 35.9 Å². The predicted molar refractivity (Wildman–Crippen MR) is 84.3 cm³/mol. The van der Waals surface area contributed by atoms with E-state index in [-0.39, 0.29) is 11.7 Å². The number of carbonyl (C=O) groups excluding carboxylic acids is 1. The molecule has 0 saturated carbocycles. The minimum Gasteiger partial charge on any atom is -0.506 e. The van der Waals surface area contributed by atoms with E-state index in [1.807, 2.05) is 31.2 Å². The minimum absolute atomic E-state index is 0.143. The van der Waals surface area contributed by atoms with Crippen LogP contribution < -0.4 is 4.90 Å². The molecule has 0 radical (unpaired) electrons. The number of phenolic OH excluding ortho intramolecular Hbond substituents is 1. The summed E-state index contributed by atoms with van der Waals surface area (Å²) in [4.78, 5) is 14.5. The maximum absolute atomic E-state index is 12.8. The van der Waals surface area contributed by atoms with Gasteiger partial charge in [0.2, 0.25) is 0 Å². The summed E-state index contributed by atoms with van der Waals surface area (Å²) in [5.41, 5.74) is 2.97. The lowest BCUT2D eigenvalue weighted by Crippen LogP contribution is -2.35. The average molecular weight is 302 g/mol. The molecule has 1 aliphatic heterocycles. The van der Waals surface area contributed by atoms with E-state index in [4.69, 9.17) is 11.6 Å². The lowest BCUT2D eigenvalue weighted by atomic mass is 9.99. The van der Waals surface area contributed by atoms with Crippen LogP contribution in [0, 0.1) is 6.92 Å². The first kappa shape index (κ1) is 14.0. The van der Waals surface area contributed by atoms with E-state index in [1.165, 1.54) is 0 Å². The molecule has 1 aliphatic rings. The summed E-state index contributed by atoms with van der Waals surface area (Å²) in [6.45, 7) is 2.47. The molecule has 2 aromatic rings. The Labute approximate surface area is 128 Å². The van der Waals surface area contributed by atoms with Crippen molar-refractivity contribution in [2.45, 2.75) is 19.8 Å². The summed E-state index contributed by atoms with van der Waals surface area (Å²) in [6.07, 6.45) is 1.75. The molecule has 0 bridgehead atoms. The summed E-state index contributed by atoms with van der Waals surface area (Å²) in [6, 6.07) is 10.8. The molecule has 1 amide bonds. The number of carbonyl (C=O) groups is 1. The number of halogens is 1. The van der Waals surface area contributed by atoms with Gasteiger partial charge in [0.05, 0.1) is 16.3 Å². The summed E-state index contributed by atoms with van der Waals surface area (Å²) in [5, 5.41) is 10.6. The number of anilines is 1. The zero-order chi connectivity index (χ0) is 15.0. The smallest absolute Gasteiger partial charge is 0.259 e. The van der Waals surface area contributed by atoms with E-state index in [2.05, 4.69) is 0 Å². The van der Waals surface area contributed by atoms with Crippen LogP contribution in [0.1, 0.15) is 27.9 Å². The second-order valence-electron chi connectivity index (χ2n) is 5.28. The molecule has 1 N–H and O–H groups in total. The Morgan fingerprint density at radius 2 is 2.00 bits per heavy atom. The number of aryl methyl sites for hydroxylation is 2. The molecule has 3 nitrogen and oxygen atoms in total. The predicted octanol–water partition coefficient (Wildman–Crippen LogP) is 3.95. The first-order valence-electron chi connectivity index (χ1n) is 6.97. The number of fused-ring (bicyclic) bond motifs is 1. The third-order valence-corrected chi connectivity index (χ3v) is 4.37. The van der Waals surface area contributed by atoms with E-state index >= 15 is 0 Å². The van der Waals surface area contributed by atoms with Gasteiger partial charge in [0.25, 0.3) is 5.91 Å². The first-order valence-corrected chi connectivity index (χ1v) is 7.35. The van der Waals surface area contributed by atoms with Gasteiger partial charge in [-0.3, -0.25) is 4.79 Å². The van der Waals surface area contributed by atoms with Gasteiger partial charge in [-0.05, 0) is 43.0 Å². The summed E-state index contributed by atoms with van der Waals surface area (Å²) in [7, 11) is 0. The number of benzene rings is 2. The molecular weight excluding hydrogens is 286 g/mol. The molecular formula is C17H16ClNO2. The molecule has 0 aromatic heterocycles. The third-order valence-electron chi connectivity index (χ3n) is 3.86. The molecule has 4 heteroatoms. The molecule has 0 spiro atoms. The fraction of sp³-hybridized carbons (Fsp3) is 0.235. The summed E-state index contributed by atoms with van der Waals surface area (Å²) >= 11 is 6.26. The number of nitrogens with zero attached hydrogens (tertiary/aromatic N) is 1. The normalized spacial score (nSPS) is 13.9. The van der Waals surface area contributed by atoms with Crippen molar-refractivity contribution in [1.29, 1.82) is 0 Å². The minimum atomic E-state index is -0.161. The van der Waals surface area contributed by atoms with Crippen LogP contribution in [-0.4, -0.2) is 17.6 Å². The molecule has 2 aromatic carbocycles. The Hall–Kier alpha value is -2.00. The van der Waals surface area contributed by atoms with Gasteiger partial charge in [0, 0.05) is 6.54 Å². The van der Waals surface area contributed by atoms with Crippen LogP contribution >= 0.6 is 11.6 Å². The van der Waals surface area contributed by atoms with Crippen molar-refractivity contribution in [2.75, 3.05) is 11.4 Å². The van der Waals surface area contributed by atoms with Gasteiger partial charge < -0.3 is 10.0 Å². The zero-order valence-electron chi connectivity index (χ0n) is 11.8. The van der Waals surface area contributed by atoms with Crippen molar-refractivity contribution in [1.82, 2.24) is 0 Å². The Morgan fingerprint density at radius 1 is 1.24 bits per heavy atom. The van der Waals surface area contributed by atoms with E-state index in [1.54, 1.807) is 17.0 Å². The maximum atomic E-state index is 12.8. The third kappa shape index (κ3) is 2.38. The van der Waals surface area contributed by atoms with E-state index in [0.29, 0.717) is 22.8 Å². The van der Waals surface area contributed by atoms with Gasteiger partial charge in [0.1, 0.15) is 5.75 Å². The number of phenols is 1. The number of hydrogen-bond donors (Lipinski definition) is 1. The fourth-order valence-electron chi connectivity index (χ4n) is 2.79. The Kier molecular flexibility index (Phi) is 3.60. The molecule has 21 heavy (non-hydrogen) atoms. The largest absolute Gasteiger partial charge is 0.506 e. The molecule has 1 heterocycles. The molecule has 108 valence electrons. The highest BCUT2D eigenvalue weighted by Gasteiger charge is 2.27. The average Bonchev–Trinajstić information content (AvgIpc) is 2.49. The second kappa shape index (κ2) is 5.41. The van der Waals surface area contributed by atoms with Gasteiger partial charge in [-0.15, -0.1) is 0 Å². The van der Waals surface area contributed by atoms with Gasteiger partial charge in [-0.2, -0.15) is 0 Å². The van der Waals surface area contributed by atoms with Crippen LogP contribution in [0.5, 0.6) is 5.75 Å². The standard InChI is InChI=1S/C17H16ClNO2/c1-11-5-2-8-13(15(11)18)17(21)19-10-4-7-12-6-3-9-14(20)16(12)19/h2-3,5-6,8-9,20H,4,7,10H2,1H3. The molecule has 3 rings (SSSR count). The maximum Gasteiger partial charge on any atom is 0.259 e. The van der Waals surface area contributed by atoms with Crippen molar-refractivity contribution in [2.24, 2.45) is 0 Å². The lowest BCUT2D eigenvalue weighted by molar-refractivity contribution is 0.0984. The van der Waals surface area contributed by atoms with Crippen molar-refractivity contribution < 1.29 is 9.90 Å². The number of aromatic hydroxyl groups is 1. The van der Waals surface area contributed by atoms with Crippen LogP contribution in [0.4, 0.5) is 5.69 Å². The number of rotatable bonds is 1. The quantitative estimate of drug-likeness (QED) is 0.866. The fourth-order valence-corrected chi connectivity index (χ4v) is 3.00. The Morgan fingerprint density at radius 3 is 2.81 bits per heavy atom. The monoisotopic (exact) mass is 301 g/mol. The molecule has 0 aliphatic carbocycles. The van der Waals surface area contributed by atoms with Crippen molar-refractivity contribution in [3.63, 3.8) is 0 Å². The van der Waals surface area contributed by atoms with E-state index in [9.17, 15) is 9.90 Å². The van der Waals surface area contributed by atoms with Crippen LogP contribution in [0.15, 0.2) is 36.4 Å². The van der Waals surface area contributed by atoms with Gasteiger partial charge >= 0.3 is 0 Å². The van der Waals surface area contributed by atoms with Crippen LogP contribution in [0.2, 0.25) is 5.02 Å². The van der Waals surface area contributed by atoms with E-state index in [0.717, 1.165) is 24.0 Å². The zero-order valence-corrected chi connectivity index (χ0v) is 12.5. The number of para-hydroxylation sites is 1. The highest BCUT2D eigenvalue weighted by atomic mass is 35.5. The van der Waals surface area contributed by atoms with Crippen LogP contribution in [0.3, 0.4) is 0 Å². The molecule has 0 fully saturated rings. The SMILES string of the molecule is Cc1cccc(C(=O)N2CCCc3cccc(O)c32)c1Cl. The number of amides is 1. The highest BCUT2D eigenvalue weighted by molar-refractivity contribution is 6.35. The molecule has 0 atom stereocenters. The van der Waals surface area contributed by atoms with E-state index < -0.39 is 0 Å². The molecule has 0 unspecified atom stereocenters.